The highest BCUT2D eigenvalue weighted by atomic mass is 16.5. The van der Waals surface area contributed by atoms with Gasteiger partial charge in [-0.25, -0.2) is 0 Å². The van der Waals surface area contributed by atoms with Crippen LogP contribution in [0.1, 0.15) is 17.5 Å². The number of carbonyl (C=O) groups excluding carboxylic acids is 2. The first-order valence-electron chi connectivity index (χ1n) is 9.33. The molecule has 29 heavy (non-hydrogen) atoms. The molecule has 1 N–H and O–H groups in total. The Morgan fingerprint density at radius 2 is 1.66 bits per heavy atom. The Morgan fingerprint density at radius 3 is 2.28 bits per heavy atom. The van der Waals surface area contributed by atoms with Crippen LogP contribution in [0.25, 0.3) is 5.57 Å². The first-order chi connectivity index (χ1) is 13.9. The highest BCUT2D eigenvalue weighted by molar-refractivity contribution is 6.48. The van der Waals surface area contributed by atoms with Crippen molar-refractivity contribution in [1.29, 1.82) is 0 Å². The van der Waals surface area contributed by atoms with E-state index in [1.807, 2.05) is 0 Å². The van der Waals surface area contributed by atoms with Gasteiger partial charge in [0.2, 0.25) is 11.6 Å². The predicted octanol–water partition coefficient (Wildman–Crippen LogP) is 1.75. The van der Waals surface area contributed by atoms with Crippen LogP contribution < -0.4 is 9.47 Å². The molecule has 0 amide bonds. The predicted molar refractivity (Wildman–Crippen MR) is 106 cm³/mol. The summed E-state index contributed by atoms with van der Waals surface area (Å²) in [6.45, 7) is 0.364. The molecule has 0 fully saturated rings. The van der Waals surface area contributed by atoms with E-state index in [9.17, 15) is 14.7 Å². The number of ketones is 2. The molecule has 156 valence electrons. The number of hydrogen-bond donors (Lipinski definition) is 1. The highest BCUT2D eigenvalue weighted by Crippen LogP contribution is 2.44. The SMILES string of the molecule is COC[C@@H]1CC2=CC(=O)C(=O)C=C2c2cc(OC)c(OC)cc2C[C@@]1(O)COC. The molecule has 0 radical (unpaired) electrons. The summed E-state index contributed by atoms with van der Waals surface area (Å²) in [7, 11) is 6.16. The van der Waals surface area contributed by atoms with Crippen molar-refractivity contribution >= 4 is 17.1 Å². The quantitative estimate of drug-likeness (QED) is 0.573. The van der Waals surface area contributed by atoms with Crippen LogP contribution in [0.5, 0.6) is 11.5 Å². The Labute approximate surface area is 169 Å². The summed E-state index contributed by atoms with van der Waals surface area (Å²) in [5, 5.41) is 11.5. The third kappa shape index (κ3) is 3.99. The first-order valence-corrected chi connectivity index (χ1v) is 9.33. The minimum Gasteiger partial charge on any atom is -0.493 e. The van der Waals surface area contributed by atoms with Gasteiger partial charge in [0.15, 0.2) is 11.5 Å². The van der Waals surface area contributed by atoms with E-state index in [0.717, 1.165) is 11.1 Å². The van der Waals surface area contributed by atoms with Gasteiger partial charge >= 0.3 is 0 Å². The van der Waals surface area contributed by atoms with E-state index < -0.39 is 17.2 Å². The molecule has 0 saturated heterocycles. The van der Waals surface area contributed by atoms with Gasteiger partial charge in [-0.3, -0.25) is 9.59 Å². The molecule has 0 saturated carbocycles. The molecule has 3 rings (SSSR count). The molecule has 7 nitrogen and oxygen atoms in total. The number of methoxy groups -OCH3 is 4. The molecular formula is C22H26O7. The molecule has 0 bridgehead atoms. The fourth-order valence-electron chi connectivity index (χ4n) is 4.10. The Bertz CT molecular complexity index is 883. The number of allylic oxidation sites excluding steroid dienone is 4. The average Bonchev–Trinajstić information content (AvgIpc) is 2.69. The van der Waals surface area contributed by atoms with Gasteiger partial charge in [0.05, 0.1) is 33.0 Å². The second-order valence-corrected chi connectivity index (χ2v) is 7.39. The van der Waals surface area contributed by atoms with Crippen LogP contribution in [0, 0.1) is 5.92 Å². The van der Waals surface area contributed by atoms with E-state index in [1.54, 1.807) is 19.2 Å². The monoisotopic (exact) mass is 402 g/mol. The lowest BCUT2D eigenvalue weighted by Gasteiger charge is -2.39. The Morgan fingerprint density at radius 1 is 1.00 bits per heavy atom. The molecule has 2 aliphatic carbocycles. The van der Waals surface area contributed by atoms with Crippen LogP contribution in [0.3, 0.4) is 0 Å². The first kappa shape index (κ1) is 21.2. The zero-order valence-corrected chi connectivity index (χ0v) is 17.1. The summed E-state index contributed by atoms with van der Waals surface area (Å²) in [6, 6.07) is 3.57. The maximum atomic E-state index is 12.2. The lowest BCUT2D eigenvalue weighted by atomic mass is 9.72. The zero-order chi connectivity index (χ0) is 21.2. The maximum absolute atomic E-state index is 12.2. The Hall–Kier alpha value is -2.48. The van der Waals surface area contributed by atoms with E-state index >= 15 is 0 Å². The van der Waals surface area contributed by atoms with Crippen molar-refractivity contribution in [1.82, 2.24) is 0 Å². The molecule has 0 aromatic heterocycles. The molecule has 2 aliphatic rings. The van der Waals surface area contributed by atoms with Crippen molar-refractivity contribution in [2.45, 2.75) is 18.4 Å². The van der Waals surface area contributed by atoms with E-state index in [2.05, 4.69) is 0 Å². The van der Waals surface area contributed by atoms with Crippen molar-refractivity contribution < 1.29 is 33.6 Å². The fraction of sp³-hybridized carbons (Fsp3) is 0.455. The molecule has 0 unspecified atom stereocenters. The average molecular weight is 402 g/mol. The molecule has 0 aliphatic heterocycles. The Balaban J connectivity index is 2.26. The molecule has 1 aromatic carbocycles. The molecular weight excluding hydrogens is 376 g/mol. The van der Waals surface area contributed by atoms with E-state index in [-0.39, 0.29) is 25.6 Å². The third-order valence-corrected chi connectivity index (χ3v) is 5.55. The minimum atomic E-state index is -1.24. The maximum Gasteiger partial charge on any atom is 0.226 e. The van der Waals surface area contributed by atoms with Crippen LogP contribution in [0.15, 0.2) is 29.9 Å². The molecule has 0 spiro atoms. The summed E-state index contributed by atoms with van der Waals surface area (Å²) < 4.78 is 21.6. The van der Waals surface area contributed by atoms with Crippen molar-refractivity contribution in [2.75, 3.05) is 41.7 Å². The van der Waals surface area contributed by atoms with Crippen LogP contribution in [-0.2, 0) is 25.5 Å². The topological polar surface area (TPSA) is 91.3 Å². The summed E-state index contributed by atoms with van der Waals surface area (Å²) >= 11 is 0. The zero-order valence-electron chi connectivity index (χ0n) is 17.1. The summed E-state index contributed by atoms with van der Waals surface area (Å²) in [5.74, 6) is -0.470. The van der Waals surface area contributed by atoms with E-state index in [1.165, 1.54) is 33.5 Å². The number of carbonyl (C=O) groups is 2. The summed E-state index contributed by atoms with van der Waals surface area (Å²) in [6.07, 6.45) is 3.36. The van der Waals surface area contributed by atoms with Gasteiger partial charge in [-0.15, -0.1) is 0 Å². The van der Waals surface area contributed by atoms with Gasteiger partial charge in [0.1, 0.15) is 0 Å². The van der Waals surface area contributed by atoms with Crippen LogP contribution in [-0.4, -0.2) is 63.9 Å². The van der Waals surface area contributed by atoms with Gasteiger partial charge in [-0.1, -0.05) is 0 Å². The van der Waals surface area contributed by atoms with Gasteiger partial charge in [-0.2, -0.15) is 0 Å². The largest absolute Gasteiger partial charge is 0.493 e. The van der Waals surface area contributed by atoms with Crippen LogP contribution in [0.2, 0.25) is 0 Å². The van der Waals surface area contributed by atoms with Gasteiger partial charge in [0.25, 0.3) is 0 Å². The van der Waals surface area contributed by atoms with Gasteiger partial charge in [-0.05, 0) is 53.0 Å². The number of fused-ring (bicyclic) bond motifs is 3. The normalized spacial score (nSPS) is 24.0. The van der Waals surface area contributed by atoms with Crippen molar-refractivity contribution in [3.8, 4) is 11.5 Å². The lowest BCUT2D eigenvalue weighted by Crippen LogP contribution is -2.47. The molecule has 7 heteroatoms. The number of aliphatic hydroxyl groups is 1. The smallest absolute Gasteiger partial charge is 0.226 e. The number of rotatable bonds is 6. The lowest BCUT2D eigenvalue weighted by molar-refractivity contribution is -0.131. The van der Waals surface area contributed by atoms with Crippen molar-refractivity contribution in [3.05, 3.63) is 41.0 Å². The second kappa shape index (κ2) is 8.49. The number of hydrogen-bond acceptors (Lipinski definition) is 7. The second-order valence-electron chi connectivity index (χ2n) is 7.39. The van der Waals surface area contributed by atoms with E-state index in [0.29, 0.717) is 29.1 Å². The summed E-state index contributed by atoms with van der Waals surface area (Å²) in [5.41, 5.74) is 1.59. The van der Waals surface area contributed by atoms with Crippen molar-refractivity contribution in [2.24, 2.45) is 5.92 Å². The molecule has 0 heterocycles. The molecule has 1 aromatic rings. The number of benzene rings is 1. The van der Waals surface area contributed by atoms with Crippen LogP contribution >= 0.6 is 0 Å². The summed E-state index contributed by atoms with van der Waals surface area (Å²) in [4.78, 5) is 24.3. The van der Waals surface area contributed by atoms with Crippen LogP contribution in [0.4, 0.5) is 0 Å². The number of ether oxygens (including phenoxy) is 4. The minimum absolute atomic E-state index is 0.0913. The van der Waals surface area contributed by atoms with Gasteiger partial charge < -0.3 is 24.1 Å². The Kier molecular flexibility index (Phi) is 6.21. The highest BCUT2D eigenvalue weighted by Gasteiger charge is 2.41. The van der Waals surface area contributed by atoms with E-state index in [4.69, 9.17) is 18.9 Å². The van der Waals surface area contributed by atoms with Crippen molar-refractivity contribution in [3.63, 3.8) is 0 Å². The standard InChI is InChI=1S/C22H26O7/c1-26-11-15-5-13-6-18(23)19(24)8-16(13)17-9-21(29-4)20(28-3)7-14(17)10-22(15,25)12-27-2/h6-9,15,25H,5,10-12H2,1-4H3/t15-,22+/m0/s1. The molecule has 2 atom stereocenters. The van der Waals surface area contributed by atoms with Gasteiger partial charge in [0, 0.05) is 26.6 Å². The fourth-order valence-corrected chi connectivity index (χ4v) is 4.10. The third-order valence-electron chi connectivity index (χ3n) is 5.55.